The third-order valence-electron chi connectivity index (χ3n) is 3.16. The molecule has 1 aromatic carbocycles. The number of aliphatic hydroxyl groups is 1. The average molecular weight is 226 g/mol. The lowest BCUT2D eigenvalue weighted by Crippen LogP contribution is -2.07. The summed E-state index contributed by atoms with van der Waals surface area (Å²) in [6.07, 6.45) is 7.29. The minimum Gasteiger partial charge on any atom is -0.754 e. The number of fused-ring (bicyclic) bond motifs is 2. The standard InChI is InChI=1S/C14H12NO2/c16-14-11-6-2-1-5-10(11)9-15(17)13-8-4-3-7-12(13)14/h1-4,6-9,14,16H,5H2/q-1. The van der Waals surface area contributed by atoms with Gasteiger partial charge < -0.3 is 15.4 Å². The van der Waals surface area contributed by atoms with E-state index in [4.69, 9.17) is 0 Å². The van der Waals surface area contributed by atoms with Gasteiger partial charge in [0.25, 0.3) is 0 Å². The van der Waals surface area contributed by atoms with Gasteiger partial charge >= 0.3 is 0 Å². The van der Waals surface area contributed by atoms with Crippen LogP contribution in [-0.4, -0.2) is 5.11 Å². The number of para-hydroxylation sites is 1. The quantitative estimate of drug-likeness (QED) is 0.739. The zero-order chi connectivity index (χ0) is 11.8. The van der Waals surface area contributed by atoms with Crippen molar-refractivity contribution in [2.75, 3.05) is 5.06 Å². The molecule has 0 aromatic heterocycles. The van der Waals surface area contributed by atoms with Crippen molar-refractivity contribution in [3.05, 3.63) is 70.6 Å². The summed E-state index contributed by atoms with van der Waals surface area (Å²) in [5.41, 5.74) is 2.88. The first-order chi connectivity index (χ1) is 8.27. The molecule has 1 atom stereocenters. The Bertz CT molecular complexity index is 543. The van der Waals surface area contributed by atoms with Crippen LogP contribution < -0.4 is 5.06 Å². The summed E-state index contributed by atoms with van der Waals surface area (Å²) in [7, 11) is 0. The van der Waals surface area contributed by atoms with Gasteiger partial charge in [-0.1, -0.05) is 36.4 Å². The van der Waals surface area contributed by atoms with Crippen molar-refractivity contribution in [3.63, 3.8) is 0 Å². The van der Waals surface area contributed by atoms with Gasteiger partial charge in [0.05, 0.1) is 0 Å². The lowest BCUT2D eigenvalue weighted by Gasteiger charge is -2.27. The fraction of sp³-hybridized carbons (Fsp3) is 0.143. The normalized spacial score (nSPS) is 22.2. The molecule has 3 heteroatoms. The SMILES string of the molecule is [O-]N1C=C2CC=CC=C2C(O)c2ccccc21. The molecule has 1 aliphatic heterocycles. The third kappa shape index (κ3) is 1.60. The molecule has 0 saturated carbocycles. The molecule has 0 fully saturated rings. The molecule has 17 heavy (non-hydrogen) atoms. The Balaban J connectivity index is 2.20. The molecule has 3 rings (SSSR count). The first kappa shape index (κ1) is 10.3. The summed E-state index contributed by atoms with van der Waals surface area (Å²) in [6, 6.07) is 7.16. The Morgan fingerprint density at radius 1 is 1.29 bits per heavy atom. The molecule has 1 aromatic rings. The van der Waals surface area contributed by atoms with Crippen molar-refractivity contribution in [1.29, 1.82) is 0 Å². The Morgan fingerprint density at radius 2 is 2.12 bits per heavy atom. The van der Waals surface area contributed by atoms with Crippen LogP contribution >= 0.6 is 0 Å². The van der Waals surface area contributed by atoms with Crippen molar-refractivity contribution in [2.24, 2.45) is 0 Å². The van der Waals surface area contributed by atoms with Crippen molar-refractivity contribution in [2.45, 2.75) is 12.5 Å². The Hall–Kier alpha value is -1.84. The van der Waals surface area contributed by atoms with Crippen LogP contribution in [-0.2, 0) is 0 Å². The van der Waals surface area contributed by atoms with Gasteiger partial charge in [-0.05, 0) is 29.8 Å². The van der Waals surface area contributed by atoms with Crippen LogP contribution in [0.3, 0.4) is 0 Å². The summed E-state index contributed by atoms with van der Waals surface area (Å²) in [4.78, 5) is 0. The molecule has 0 saturated heterocycles. The van der Waals surface area contributed by atoms with Crippen molar-refractivity contribution in [3.8, 4) is 0 Å². The Morgan fingerprint density at radius 3 is 3.00 bits per heavy atom. The number of nitrogens with zero attached hydrogens (tertiary/aromatic N) is 1. The molecule has 1 N–H and O–H groups in total. The number of hydrogen-bond acceptors (Lipinski definition) is 3. The lowest BCUT2D eigenvalue weighted by molar-refractivity contribution is 0.218. The van der Waals surface area contributed by atoms with E-state index in [1.807, 2.05) is 24.3 Å². The molecule has 86 valence electrons. The average Bonchev–Trinajstić information content (AvgIpc) is 2.48. The number of hydroxylamine groups is 1. The molecule has 0 amide bonds. The zero-order valence-corrected chi connectivity index (χ0v) is 9.21. The Labute approximate surface area is 99.6 Å². The highest BCUT2D eigenvalue weighted by Crippen LogP contribution is 2.39. The predicted octanol–water partition coefficient (Wildman–Crippen LogP) is 2.81. The van der Waals surface area contributed by atoms with Crippen LogP contribution in [0.25, 0.3) is 0 Å². The van der Waals surface area contributed by atoms with E-state index in [-0.39, 0.29) is 0 Å². The van der Waals surface area contributed by atoms with Gasteiger partial charge in [0.15, 0.2) is 0 Å². The maximum Gasteiger partial charge on any atom is 0.106 e. The maximum atomic E-state index is 12.0. The molecular formula is C14H12NO2-. The van der Waals surface area contributed by atoms with Gasteiger partial charge in [0, 0.05) is 11.3 Å². The van der Waals surface area contributed by atoms with E-state index in [1.54, 1.807) is 24.4 Å². The van der Waals surface area contributed by atoms with Crippen molar-refractivity contribution >= 4 is 5.69 Å². The van der Waals surface area contributed by atoms with E-state index in [9.17, 15) is 10.3 Å². The van der Waals surface area contributed by atoms with E-state index in [1.165, 1.54) is 0 Å². The fourth-order valence-corrected chi connectivity index (χ4v) is 2.28. The van der Waals surface area contributed by atoms with Crippen LogP contribution in [0.15, 0.2) is 59.8 Å². The fourth-order valence-electron chi connectivity index (χ4n) is 2.28. The molecule has 0 radical (unpaired) electrons. The molecule has 1 aliphatic carbocycles. The minimum atomic E-state index is -0.721. The first-order valence-corrected chi connectivity index (χ1v) is 5.58. The van der Waals surface area contributed by atoms with Gasteiger partial charge in [-0.3, -0.25) is 0 Å². The van der Waals surface area contributed by atoms with Crippen LogP contribution in [0.1, 0.15) is 18.1 Å². The molecule has 0 bridgehead atoms. The van der Waals surface area contributed by atoms with E-state index in [0.717, 1.165) is 16.2 Å². The van der Waals surface area contributed by atoms with Gasteiger partial charge in [-0.25, -0.2) is 0 Å². The molecule has 3 nitrogen and oxygen atoms in total. The van der Waals surface area contributed by atoms with E-state index < -0.39 is 6.10 Å². The van der Waals surface area contributed by atoms with E-state index >= 15 is 0 Å². The predicted molar refractivity (Wildman–Crippen MR) is 67.2 cm³/mol. The molecule has 1 unspecified atom stereocenters. The molecule has 2 aliphatic rings. The summed E-state index contributed by atoms with van der Waals surface area (Å²) in [6.45, 7) is 0. The van der Waals surface area contributed by atoms with Gasteiger partial charge in [0.2, 0.25) is 0 Å². The number of rotatable bonds is 0. The smallest absolute Gasteiger partial charge is 0.106 e. The largest absolute Gasteiger partial charge is 0.754 e. The third-order valence-corrected chi connectivity index (χ3v) is 3.16. The van der Waals surface area contributed by atoms with Crippen LogP contribution in [0.4, 0.5) is 5.69 Å². The van der Waals surface area contributed by atoms with Crippen LogP contribution in [0.5, 0.6) is 0 Å². The Kier molecular flexibility index (Phi) is 2.35. The second-order valence-corrected chi connectivity index (χ2v) is 4.20. The van der Waals surface area contributed by atoms with Gasteiger partial charge in [-0.15, -0.1) is 0 Å². The first-order valence-electron chi connectivity index (χ1n) is 5.58. The second kappa shape index (κ2) is 3.87. The van der Waals surface area contributed by atoms with E-state index in [0.29, 0.717) is 17.7 Å². The van der Waals surface area contributed by atoms with Gasteiger partial charge in [-0.2, -0.15) is 0 Å². The van der Waals surface area contributed by atoms with Crippen LogP contribution in [0, 0.1) is 5.21 Å². The molecule has 1 heterocycles. The lowest BCUT2D eigenvalue weighted by atomic mass is 9.91. The highest BCUT2D eigenvalue weighted by atomic mass is 16.5. The second-order valence-electron chi connectivity index (χ2n) is 4.20. The topological polar surface area (TPSA) is 46.5 Å². The monoisotopic (exact) mass is 226 g/mol. The number of hydrogen-bond donors (Lipinski definition) is 1. The number of allylic oxidation sites excluding steroid dienone is 3. The van der Waals surface area contributed by atoms with Gasteiger partial charge in [0.1, 0.15) is 6.10 Å². The van der Waals surface area contributed by atoms with Crippen molar-refractivity contribution < 1.29 is 5.11 Å². The number of anilines is 1. The highest BCUT2D eigenvalue weighted by Gasteiger charge is 2.23. The minimum absolute atomic E-state index is 0.516. The zero-order valence-electron chi connectivity index (χ0n) is 9.21. The van der Waals surface area contributed by atoms with Crippen molar-refractivity contribution in [1.82, 2.24) is 0 Å². The molecular weight excluding hydrogens is 214 g/mol. The summed E-state index contributed by atoms with van der Waals surface area (Å²) in [5, 5.41) is 23.2. The van der Waals surface area contributed by atoms with Crippen LogP contribution in [0.2, 0.25) is 0 Å². The highest BCUT2D eigenvalue weighted by molar-refractivity contribution is 5.64. The summed E-state index contributed by atoms with van der Waals surface area (Å²) in [5.74, 6) is 0. The summed E-state index contributed by atoms with van der Waals surface area (Å²) >= 11 is 0. The number of benzene rings is 1. The molecule has 0 spiro atoms. The number of aliphatic hydroxyl groups excluding tert-OH is 1. The van der Waals surface area contributed by atoms with E-state index in [2.05, 4.69) is 0 Å². The summed E-state index contributed by atoms with van der Waals surface area (Å²) < 4.78 is 0. The maximum absolute atomic E-state index is 12.0.